The molecule has 4 heteroatoms. The van der Waals surface area contributed by atoms with Gasteiger partial charge in [-0.2, -0.15) is 0 Å². The zero-order valence-electron chi connectivity index (χ0n) is 14.1. The maximum Gasteiger partial charge on any atom is 0.311 e. The molecule has 0 saturated heterocycles. The number of aryl methyl sites for hydroxylation is 1. The molecule has 0 heterocycles. The Bertz CT molecular complexity index is 697. The van der Waals surface area contributed by atoms with Crippen molar-refractivity contribution >= 4 is 17.6 Å². The number of hydrogen-bond acceptors (Lipinski definition) is 2. The number of carboxylic acids is 1. The Labute approximate surface area is 148 Å². The van der Waals surface area contributed by atoms with E-state index in [0.717, 1.165) is 35.3 Å². The largest absolute Gasteiger partial charge is 0.494 e. The number of carbonyl (C=O) groups is 1. The molecule has 2 rings (SSSR count). The number of ether oxygens (including phenoxy) is 1. The normalized spacial score (nSPS) is 12.0. The molecule has 0 spiro atoms. The van der Waals surface area contributed by atoms with Crippen LogP contribution in [0.2, 0.25) is 5.02 Å². The topological polar surface area (TPSA) is 46.5 Å². The molecular weight excluding hydrogens is 324 g/mol. The monoisotopic (exact) mass is 346 g/mol. The first-order valence-electron chi connectivity index (χ1n) is 8.22. The van der Waals surface area contributed by atoms with Crippen molar-refractivity contribution in [2.45, 2.75) is 39.0 Å². The van der Waals surface area contributed by atoms with Gasteiger partial charge in [-0.15, -0.1) is 0 Å². The summed E-state index contributed by atoms with van der Waals surface area (Å²) in [7, 11) is 0. The van der Waals surface area contributed by atoms with Gasteiger partial charge in [0.05, 0.1) is 12.5 Å². The molecule has 2 aromatic carbocycles. The summed E-state index contributed by atoms with van der Waals surface area (Å²) in [6, 6.07) is 13.1. The summed E-state index contributed by atoms with van der Waals surface area (Å²) >= 11 is 6.15. The number of aliphatic carboxylic acids is 1. The number of benzene rings is 2. The maximum absolute atomic E-state index is 11.7. The molecule has 1 unspecified atom stereocenters. The van der Waals surface area contributed by atoms with Gasteiger partial charge in [0.25, 0.3) is 0 Å². The summed E-state index contributed by atoms with van der Waals surface area (Å²) in [5.74, 6) is -0.701. The number of hydrogen-bond donors (Lipinski definition) is 1. The van der Waals surface area contributed by atoms with Crippen LogP contribution in [-0.2, 0) is 11.2 Å². The van der Waals surface area contributed by atoms with E-state index < -0.39 is 11.9 Å². The van der Waals surface area contributed by atoms with E-state index in [1.54, 1.807) is 6.07 Å². The van der Waals surface area contributed by atoms with Crippen LogP contribution in [-0.4, -0.2) is 17.7 Å². The maximum atomic E-state index is 11.7. The molecular formula is C20H23ClO3. The van der Waals surface area contributed by atoms with Gasteiger partial charge >= 0.3 is 5.97 Å². The van der Waals surface area contributed by atoms with Crippen LogP contribution in [0.5, 0.6) is 5.75 Å². The second kappa shape index (κ2) is 8.74. The third-order valence-electron chi connectivity index (χ3n) is 4.00. The number of halogens is 1. The summed E-state index contributed by atoms with van der Waals surface area (Å²) in [6.07, 6.45) is 2.48. The molecule has 0 fully saturated rings. The van der Waals surface area contributed by atoms with E-state index in [9.17, 15) is 9.90 Å². The number of unbranched alkanes of at least 4 members (excludes halogenated alkanes) is 1. The molecule has 1 atom stereocenters. The van der Waals surface area contributed by atoms with E-state index in [4.69, 9.17) is 16.3 Å². The van der Waals surface area contributed by atoms with Gasteiger partial charge in [-0.05, 0) is 54.7 Å². The highest BCUT2D eigenvalue weighted by Crippen LogP contribution is 2.27. The van der Waals surface area contributed by atoms with Gasteiger partial charge in [-0.25, -0.2) is 0 Å². The molecule has 128 valence electrons. The third kappa shape index (κ3) is 5.00. The van der Waals surface area contributed by atoms with Gasteiger partial charge < -0.3 is 9.84 Å². The van der Waals surface area contributed by atoms with Crippen LogP contribution in [0.25, 0.3) is 0 Å². The highest BCUT2D eigenvalue weighted by molar-refractivity contribution is 6.31. The van der Waals surface area contributed by atoms with E-state index in [2.05, 4.69) is 6.92 Å². The first-order chi connectivity index (χ1) is 11.5. The van der Waals surface area contributed by atoms with E-state index in [1.807, 2.05) is 43.3 Å². The highest BCUT2D eigenvalue weighted by atomic mass is 35.5. The lowest BCUT2D eigenvalue weighted by atomic mass is 9.91. The highest BCUT2D eigenvalue weighted by Gasteiger charge is 2.21. The minimum atomic E-state index is -0.854. The number of carboxylic acid groups (broad SMARTS) is 1. The van der Waals surface area contributed by atoms with Crippen molar-refractivity contribution in [2.24, 2.45) is 0 Å². The molecule has 1 N–H and O–H groups in total. The van der Waals surface area contributed by atoms with Crippen LogP contribution >= 0.6 is 11.6 Å². The van der Waals surface area contributed by atoms with E-state index in [0.29, 0.717) is 18.1 Å². The molecule has 0 aliphatic rings. The fourth-order valence-electron chi connectivity index (χ4n) is 2.51. The molecule has 0 aliphatic carbocycles. The Kier molecular flexibility index (Phi) is 6.68. The van der Waals surface area contributed by atoms with Crippen molar-refractivity contribution in [3.8, 4) is 5.75 Å². The molecule has 0 saturated carbocycles. The Balaban J connectivity index is 2.17. The van der Waals surface area contributed by atoms with Crippen LogP contribution < -0.4 is 4.74 Å². The molecule has 3 nitrogen and oxygen atoms in total. The van der Waals surface area contributed by atoms with Crippen LogP contribution in [0.3, 0.4) is 0 Å². The molecule has 0 radical (unpaired) electrons. The zero-order chi connectivity index (χ0) is 17.5. The van der Waals surface area contributed by atoms with Gasteiger partial charge in [0.2, 0.25) is 0 Å². The zero-order valence-corrected chi connectivity index (χ0v) is 14.8. The van der Waals surface area contributed by atoms with Crippen molar-refractivity contribution in [3.05, 3.63) is 64.2 Å². The van der Waals surface area contributed by atoms with E-state index in [1.165, 1.54) is 0 Å². The lowest BCUT2D eigenvalue weighted by Gasteiger charge is -2.15. The van der Waals surface area contributed by atoms with Crippen LogP contribution in [0.1, 0.15) is 42.4 Å². The Morgan fingerprint density at radius 2 is 2.04 bits per heavy atom. The lowest BCUT2D eigenvalue weighted by molar-refractivity contribution is -0.138. The Morgan fingerprint density at radius 1 is 1.25 bits per heavy atom. The van der Waals surface area contributed by atoms with Gasteiger partial charge in [0.15, 0.2) is 0 Å². The Hall–Kier alpha value is -2.00. The predicted molar refractivity (Wildman–Crippen MR) is 97.1 cm³/mol. The van der Waals surface area contributed by atoms with Crippen molar-refractivity contribution in [1.82, 2.24) is 0 Å². The Morgan fingerprint density at radius 3 is 2.71 bits per heavy atom. The van der Waals surface area contributed by atoms with Gasteiger partial charge in [0, 0.05) is 5.02 Å². The molecule has 0 amide bonds. The van der Waals surface area contributed by atoms with Crippen molar-refractivity contribution in [1.29, 1.82) is 0 Å². The van der Waals surface area contributed by atoms with Gasteiger partial charge in [-0.3, -0.25) is 4.79 Å². The minimum Gasteiger partial charge on any atom is -0.494 e. The summed E-state index contributed by atoms with van der Waals surface area (Å²) in [5.41, 5.74) is 2.60. The van der Waals surface area contributed by atoms with Crippen molar-refractivity contribution in [3.63, 3.8) is 0 Å². The minimum absolute atomic E-state index is 0.402. The third-order valence-corrected chi connectivity index (χ3v) is 4.41. The fourth-order valence-corrected chi connectivity index (χ4v) is 2.69. The SMILES string of the molecule is CCCCOc1cccc(CC(C(=O)O)c2ccc(C)c(Cl)c2)c1. The standard InChI is InChI=1S/C20H23ClO3/c1-3-4-10-24-17-7-5-6-15(11-17)12-18(20(22)23)16-9-8-14(2)19(21)13-16/h5-9,11,13,18H,3-4,10,12H2,1-2H3,(H,22,23). The number of rotatable bonds is 8. The van der Waals surface area contributed by atoms with E-state index >= 15 is 0 Å². The first kappa shape index (κ1) is 18.3. The summed E-state index contributed by atoms with van der Waals surface area (Å²) in [6.45, 7) is 4.69. The second-order valence-corrected chi connectivity index (χ2v) is 6.36. The summed E-state index contributed by atoms with van der Waals surface area (Å²) in [5, 5.41) is 10.2. The van der Waals surface area contributed by atoms with Gasteiger partial charge in [-0.1, -0.05) is 49.2 Å². The molecule has 2 aromatic rings. The smallest absolute Gasteiger partial charge is 0.311 e. The van der Waals surface area contributed by atoms with Crippen LogP contribution in [0, 0.1) is 6.92 Å². The van der Waals surface area contributed by atoms with Crippen LogP contribution in [0.15, 0.2) is 42.5 Å². The molecule has 0 aromatic heterocycles. The average Bonchev–Trinajstić information content (AvgIpc) is 2.56. The van der Waals surface area contributed by atoms with Crippen molar-refractivity contribution in [2.75, 3.05) is 6.61 Å². The van der Waals surface area contributed by atoms with Crippen molar-refractivity contribution < 1.29 is 14.6 Å². The van der Waals surface area contributed by atoms with E-state index in [-0.39, 0.29) is 0 Å². The van der Waals surface area contributed by atoms with Crippen LogP contribution in [0.4, 0.5) is 0 Å². The second-order valence-electron chi connectivity index (χ2n) is 5.95. The molecule has 0 bridgehead atoms. The first-order valence-corrected chi connectivity index (χ1v) is 8.59. The average molecular weight is 347 g/mol. The van der Waals surface area contributed by atoms with Gasteiger partial charge in [0.1, 0.15) is 5.75 Å². The molecule has 0 aliphatic heterocycles. The predicted octanol–water partition coefficient (Wildman–Crippen LogP) is 5.24. The molecule has 24 heavy (non-hydrogen) atoms. The fraction of sp³-hybridized carbons (Fsp3) is 0.350. The lowest BCUT2D eigenvalue weighted by Crippen LogP contribution is -2.14. The quantitative estimate of drug-likeness (QED) is 0.665. The summed E-state index contributed by atoms with van der Waals surface area (Å²) < 4.78 is 5.70. The summed E-state index contributed by atoms with van der Waals surface area (Å²) in [4.78, 5) is 11.7.